The van der Waals surface area contributed by atoms with Gasteiger partial charge in [-0.1, -0.05) is 36.4 Å². The van der Waals surface area contributed by atoms with Gasteiger partial charge in [0.15, 0.2) is 0 Å². The number of carbonyl (C=O) groups is 2. The van der Waals surface area contributed by atoms with Gasteiger partial charge in [-0.05, 0) is 18.2 Å². The molecule has 4 rings (SSSR count). The first-order valence-electron chi connectivity index (χ1n) is 6.79. The van der Waals surface area contributed by atoms with Crippen LogP contribution in [-0.2, 0) is 9.59 Å². The molecule has 1 N–H and O–H groups in total. The van der Waals surface area contributed by atoms with E-state index in [1.807, 2.05) is 36.4 Å². The molecule has 2 aromatic carbocycles. The Labute approximate surface area is 121 Å². The summed E-state index contributed by atoms with van der Waals surface area (Å²) in [5.41, 5.74) is 2.12. The van der Waals surface area contributed by atoms with Crippen molar-refractivity contribution in [3.63, 3.8) is 0 Å². The zero-order valence-electron chi connectivity index (χ0n) is 11.4. The number of benzene rings is 2. The summed E-state index contributed by atoms with van der Waals surface area (Å²) < 4.78 is 0. The summed E-state index contributed by atoms with van der Waals surface area (Å²) in [6.45, 7) is 0. The molecule has 21 heavy (non-hydrogen) atoms. The Morgan fingerprint density at radius 2 is 1.24 bits per heavy atom. The minimum absolute atomic E-state index is 0.148. The number of carbonyl (C=O) groups excluding carboxylic acids is 2. The van der Waals surface area contributed by atoms with Crippen LogP contribution in [-0.4, -0.2) is 16.8 Å². The fraction of sp³-hybridized carbons (Fsp3) is 0.118. The molecule has 1 aliphatic rings. The molecule has 0 aliphatic carbocycles. The lowest BCUT2D eigenvalue weighted by Crippen LogP contribution is -2.18. The molecule has 0 unspecified atom stereocenters. The monoisotopic (exact) mass is 278 g/mol. The van der Waals surface area contributed by atoms with Crippen LogP contribution in [0.3, 0.4) is 0 Å². The second-order valence-electron chi connectivity index (χ2n) is 4.85. The molecule has 0 saturated carbocycles. The third kappa shape index (κ3) is 3.05. The maximum absolute atomic E-state index is 10.1. The molecule has 1 aromatic heterocycles. The minimum atomic E-state index is -0.148. The number of para-hydroxylation sites is 2. The number of hydrogen-bond donors (Lipinski definition) is 1. The smallest absolute Gasteiger partial charge is 0.227 e. The second kappa shape index (κ2) is 5.71. The largest absolute Gasteiger partial charge is 0.296 e. The van der Waals surface area contributed by atoms with Crippen LogP contribution in [0.25, 0.3) is 21.8 Å². The van der Waals surface area contributed by atoms with E-state index in [1.165, 1.54) is 10.8 Å². The predicted octanol–water partition coefficient (Wildman–Crippen LogP) is 2.81. The van der Waals surface area contributed by atoms with E-state index in [0.29, 0.717) is 12.8 Å². The predicted molar refractivity (Wildman–Crippen MR) is 81.6 cm³/mol. The summed E-state index contributed by atoms with van der Waals surface area (Å²) in [6, 6.07) is 18.6. The summed E-state index contributed by atoms with van der Waals surface area (Å²) in [7, 11) is 0. The molecule has 1 fully saturated rings. The van der Waals surface area contributed by atoms with Crippen LogP contribution in [0.4, 0.5) is 0 Å². The van der Waals surface area contributed by atoms with Gasteiger partial charge in [0.2, 0.25) is 11.8 Å². The fourth-order valence-electron chi connectivity index (χ4n) is 2.23. The van der Waals surface area contributed by atoms with Gasteiger partial charge < -0.3 is 0 Å². The molecular formula is C17H14N2O2. The number of nitrogens with zero attached hydrogens (tertiary/aromatic N) is 1. The van der Waals surface area contributed by atoms with Crippen molar-refractivity contribution in [1.29, 1.82) is 0 Å². The van der Waals surface area contributed by atoms with Crippen molar-refractivity contribution in [1.82, 2.24) is 10.3 Å². The van der Waals surface area contributed by atoms with Crippen molar-refractivity contribution in [2.45, 2.75) is 12.8 Å². The van der Waals surface area contributed by atoms with Gasteiger partial charge >= 0.3 is 0 Å². The highest BCUT2D eigenvalue weighted by Crippen LogP contribution is 2.18. The van der Waals surface area contributed by atoms with E-state index in [2.05, 4.69) is 28.5 Å². The van der Waals surface area contributed by atoms with Crippen molar-refractivity contribution in [3.05, 3.63) is 54.6 Å². The van der Waals surface area contributed by atoms with E-state index in [9.17, 15) is 9.59 Å². The average Bonchev–Trinajstić information content (AvgIpc) is 2.89. The molecular weight excluding hydrogens is 264 g/mol. The molecule has 0 radical (unpaired) electrons. The lowest BCUT2D eigenvalue weighted by atomic mass is 10.1. The summed E-state index contributed by atoms with van der Waals surface area (Å²) >= 11 is 0. The third-order valence-corrected chi connectivity index (χ3v) is 3.28. The van der Waals surface area contributed by atoms with E-state index in [-0.39, 0.29) is 11.8 Å². The van der Waals surface area contributed by atoms with Gasteiger partial charge in [-0.2, -0.15) is 0 Å². The first-order valence-corrected chi connectivity index (χ1v) is 6.79. The number of aromatic nitrogens is 1. The van der Waals surface area contributed by atoms with Crippen molar-refractivity contribution in [2.24, 2.45) is 0 Å². The number of fused-ring (bicyclic) bond motifs is 2. The number of nitrogens with one attached hydrogen (secondary N) is 1. The Hall–Kier alpha value is -2.75. The topological polar surface area (TPSA) is 59.1 Å². The minimum Gasteiger partial charge on any atom is -0.296 e. The van der Waals surface area contributed by atoms with E-state index in [1.54, 1.807) is 0 Å². The number of pyridine rings is 1. The zero-order valence-corrected chi connectivity index (χ0v) is 11.4. The standard InChI is InChI=1S/C13H9N.C4H5NO2/c1-3-7-12-10(5-1)9-11-6-2-4-8-13(11)14-12;6-3-1-2-4(7)5-3/h1-9H;1-2H2,(H,5,6,7). The average molecular weight is 278 g/mol. The SMILES string of the molecule is O=C1CCC(=O)N1.c1ccc2nc3ccccc3cc2c1. The molecule has 2 heterocycles. The highest BCUT2D eigenvalue weighted by Gasteiger charge is 2.15. The lowest BCUT2D eigenvalue weighted by molar-refractivity contribution is -0.124. The van der Waals surface area contributed by atoms with Crippen molar-refractivity contribution >= 4 is 33.6 Å². The van der Waals surface area contributed by atoms with E-state index in [4.69, 9.17) is 0 Å². The van der Waals surface area contributed by atoms with Crippen molar-refractivity contribution in [2.75, 3.05) is 0 Å². The summed E-state index contributed by atoms with van der Waals surface area (Å²) in [5.74, 6) is -0.296. The third-order valence-electron chi connectivity index (χ3n) is 3.28. The molecule has 104 valence electrons. The maximum atomic E-state index is 10.1. The molecule has 0 atom stereocenters. The Morgan fingerprint density at radius 3 is 1.67 bits per heavy atom. The first-order chi connectivity index (χ1) is 10.2. The molecule has 3 aromatic rings. The molecule has 4 nitrogen and oxygen atoms in total. The van der Waals surface area contributed by atoms with E-state index < -0.39 is 0 Å². The van der Waals surface area contributed by atoms with Gasteiger partial charge in [0.25, 0.3) is 0 Å². The Bertz CT molecular complexity index is 708. The van der Waals surface area contributed by atoms with Crippen LogP contribution in [0.15, 0.2) is 54.6 Å². The van der Waals surface area contributed by atoms with Crippen LogP contribution < -0.4 is 5.32 Å². The second-order valence-corrected chi connectivity index (χ2v) is 4.85. The van der Waals surface area contributed by atoms with Crippen LogP contribution in [0, 0.1) is 0 Å². The van der Waals surface area contributed by atoms with Crippen LogP contribution in [0.1, 0.15) is 12.8 Å². The van der Waals surface area contributed by atoms with Crippen LogP contribution in [0.5, 0.6) is 0 Å². The van der Waals surface area contributed by atoms with Gasteiger partial charge in [-0.25, -0.2) is 4.98 Å². The zero-order chi connectivity index (χ0) is 14.7. The van der Waals surface area contributed by atoms with Gasteiger partial charge in [0.05, 0.1) is 11.0 Å². The highest BCUT2D eigenvalue weighted by molar-refractivity contribution is 6.01. The van der Waals surface area contributed by atoms with Crippen LogP contribution >= 0.6 is 0 Å². The van der Waals surface area contributed by atoms with Gasteiger partial charge in [0, 0.05) is 23.6 Å². The van der Waals surface area contributed by atoms with Crippen molar-refractivity contribution < 1.29 is 9.59 Å². The molecule has 0 spiro atoms. The Balaban J connectivity index is 0.000000160. The quantitative estimate of drug-likeness (QED) is 0.508. The fourth-order valence-corrected chi connectivity index (χ4v) is 2.23. The number of amides is 2. The van der Waals surface area contributed by atoms with E-state index >= 15 is 0 Å². The Morgan fingerprint density at radius 1 is 0.762 bits per heavy atom. The first kappa shape index (κ1) is 13.2. The van der Waals surface area contributed by atoms with Gasteiger partial charge in [-0.15, -0.1) is 0 Å². The maximum Gasteiger partial charge on any atom is 0.227 e. The summed E-state index contributed by atoms with van der Waals surface area (Å²) in [4.78, 5) is 24.8. The molecule has 1 aliphatic heterocycles. The van der Waals surface area contributed by atoms with E-state index in [0.717, 1.165) is 11.0 Å². The number of hydrogen-bond acceptors (Lipinski definition) is 3. The number of rotatable bonds is 0. The van der Waals surface area contributed by atoms with Gasteiger partial charge in [-0.3, -0.25) is 14.9 Å². The highest BCUT2D eigenvalue weighted by atomic mass is 16.2. The number of imide groups is 1. The molecule has 1 saturated heterocycles. The Kier molecular flexibility index (Phi) is 3.60. The molecule has 0 bridgehead atoms. The lowest BCUT2D eigenvalue weighted by Gasteiger charge is -1.99. The van der Waals surface area contributed by atoms with Crippen molar-refractivity contribution in [3.8, 4) is 0 Å². The molecule has 4 heteroatoms. The van der Waals surface area contributed by atoms with Crippen LogP contribution in [0.2, 0.25) is 0 Å². The van der Waals surface area contributed by atoms with Gasteiger partial charge in [0.1, 0.15) is 0 Å². The molecule has 2 amide bonds. The normalized spacial score (nSPS) is 13.9. The summed E-state index contributed by atoms with van der Waals surface area (Å²) in [6.07, 6.45) is 0.748. The summed E-state index contributed by atoms with van der Waals surface area (Å²) in [5, 5.41) is 4.54.